The van der Waals surface area contributed by atoms with E-state index in [0.29, 0.717) is 0 Å². The predicted octanol–water partition coefficient (Wildman–Crippen LogP) is -1.14. The Kier molecular flexibility index (Phi) is 130. The molecule has 0 spiro atoms. The molecule has 0 saturated carbocycles. The molecule has 0 aliphatic heterocycles. The number of hydrogen-bond donors (Lipinski definition) is 0. The van der Waals surface area contributed by atoms with Crippen molar-refractivity contribution in [3.63, 3.8) is 0 Å². The van der Waals surface area contributed by atoms with Crippen molar-refractivity contribution in [2.75, 3.05) is 0 Å². The van der Waals surface area contributed by atoms with Gasteiger partial charge in [0.25, 0.3) is 0 Å². The molecule has 0 amide bonds. The minimum atomic E-state index is 0. The van der Waals surface area contributed by atoms with Crippen LogP contribution in [0.25, 0.3) is 0 Å². The van der Waals surface area contributed by atoms with Gasteiger partial charge >= 0.3 is 0 Å². The Balaban J connectivity index is 0. The van der Waals surface area contributed by atoms with Crippen LogP contribution in [-0.4, -0.2) is 52.8 Å². The Bertz CT molecular complexity index is 3.25. The molecule has 4 heavy (non-hydrogen) atoms. The first-order valence-electron chi connectivity index (χ1n) is 0. The molecule has 0 aromatic rings. The van der Waals surface area contributed by atoms with Gasteiger partial charge in [-0.15, -0.1) is 0 Å². The molecule has 0 bridgehead atoms. The number of rotatable bonds is 0. The van der Waals surface area contributed by atoms with Crippen LogP contribution in [0.5, 0.6) is 0 Å². The van der Waals surface area contributed by atoms with Gasteiger partial charge in [0.15, 0.2) is 0 Å². The molecule has 0 fully saturated rings. The van der Waals surface area contributed by atoms with Crippen LogP contribution < -0.4 is 0 Å². The predicted molar refractivity (Wildman–Crippen MR) is 17.3 cm³/mol. The maximum Gasteiger partial charge on any atom is 0 e. The van der Waals surface area contributed by atoms with Crippen LogP contribution in [0.15, 0.2) is 0 Å². The zero-order valence-corrected chi connectivity index (χ0v) is 12.5. The van der Waals surface area contributed by atoms with Gasteiger partial charge in [-0.2, -0.15) is 0 Å². The monoisotopic (exact) mass is 460 g/mol. The quantitative estimate of drug-likeness (QED) is 0.405. The van der Waals surface area contributed by atoms with Crippen molar-refractivity contribution >= 4 is 52.8 Å². The Hall–Kier alpha value is 2.68. The van der Waals surface area contributed by atoms with Crippen molar-refractivity contribution in [1.29, 1.82) is 0 Å². The summed E-state index contributed by atoms with van der Waals surface area (Å²) in [6, 6.07) is 0. The van der Waals surface area contributed by atoms with E-state index in [2.05, 4.69) is 0 Å². The molecular formula is Ge3U. The molecule has 12 radical (unpaired) electrons. The van der Waals surface area contributed by atoms with E-state index in [-0.39, 0.29) is 83.9 Å². The molecule has 4 heteroatoms. The van der Waals surface area contributed by atoms with Crippen LogP contribution in [0.2, 0.25) is 0 Å². The van der Waals surface area contributed by atoms with Crippen molar-refractivity contribution in [2.45, 2.75) is 0 Å². The summed E-state index contributed by atoms with van der Waals surface area (Å²) in [4.78, 5) is 0. The number of hydrogen-bond acceptors (Lipinski definition) is 0. The fourth-order valence-corrected chi connectivity index (χ4v) is 0. The molecule has 0 aromatic carbocycles. The minimum Gasteiger partial charge on any atom is 0 e. The van der Waals surface area contributed by atoms with E-state index in [1.54, 1.807) is 0 Å². The largest absolute Gasteiger partial charge is 0 e. The van der Waals surface area contributed by atoms with Gasteiger partial charge in [-0.1, -0.05) is 0 Å². The molecule has 16 valence electrons. The maximum atomic E-state index is 0. The average molecular weight is 456 g/mol. The molecule has 0 heterocycles. The Morgan fingerprint density at radius 2 is 0.500 bits per heavy atom. The van der Waals surface area contributed by atoms with E-state index < -0.39 is 0 Å². The van der Waals surface area contributed by atoms with Crippen molar-refractivity contribution in [1.82, 2.24) is 0 Å². The summed E-state index contributed by atoms with van der Waals surface area (Å²) < 4.78 is 0. The SMILES string of the molecule is [Ge].[Ge].[Ge].[U]. The summed E-state index contributed by atoms with van der Waals surface area (Å²) in [5.74, 6) is 0. The van der Waals surface area contributed by atoms with Crippen molar-refractivity contribution < 1.29 is 31.1 Å². The summed E-state index contributed by atoms with van der Waals surface area (Å²) in [6.45, 7) is 0. The first kappa shape index (κ1) is 30.0. The van der Waals surface area contributed by atoms with E-state index in [9.17, 15) is 0 Å². The van der Waals surface area contributed by atoms with Gasteiger partial charge in [0.1, 0.15) is 0 Å². The van der Waals surface area contributed by atoms with Crippen LogP contribution in [0, 0.1) is 31.1 Å². The summed E-state index contributed by atoms with van der Waals surface area (Å²) in [6.07, 6.45) is 0. The van der Waals surface area contributed by atoms with Crippen molar-refractivity contribution in [3.8, 4) is 0 Å². The van der Waals surface area contributed by atoms with E-state index >= 15 is 0 Å². The summed E-state index contributed by atoms with van der Waals surface area (Å²) >= 11 is 0. The van der Waals surface area contributed by atoms with Crippen LogP contribution in [0.3, 0.4) is 0 Å². The van der Waals surface area contributed by atoms with Crippen molar-refractivity contribution in [3.05, 3.63) is 0 Å². The fraction of sp³-hybridized carbons (Fsp3) is 0. The fourth-order valence-electron chi connectivity index (χ4n) is 0. The average Bonchev–Trinajstić information content (AvgIpc) is 0. The zero-order valence-electron chi connectivity index (χ0n) is 2.00. The van der Waals surface area contributed by atoms with Gasteiger partial charge in [-0.25, -0.2) is 0 Å². The molecule has 0 N–H and O–H groups in total. The van der Waals surface area contributed by atoms with Crippen LogP contribution in [0.4, 0.5) is 0 Å². The van der Waals surface area contributed by atoms with E-state index in [4.69, 9.17) is 0 Å². The second kappa shape index (κ2) is 17.3. The Labute approximate surface area is 82.5 Å². The normalized spacial score (nSPS) is 0. The first-order valence-corrected chi connectivity index (χ1v) is 0. The van der Waals surface area contributed by atoms with Crippen LogP contribution in [0.1, 0.15) is 0 Å². The molecule has 0 nitrogen and oxygen atoms in total. The zero-order chi connectivity index (χ0) is 0. The molecule has 0 rings (SSSR count). The Morgan fingerprint density at radius 1 is 0.500 bits per heavy atom. The molecule has 0 aliphatic rings. The van der Waals surface area contributed by atoms with E-state index in [1.807, 2.05) is 0 Å². The van der Waals surface area contributed by atoms with Crippen LogP contribution in [-0.2, 0) is 0 Å². The van der Waals surface area contributed by atoms with Gasteiger partial charge in [0.05, 0.1) is 0 Å². The van der Waals surface area contributed by atoms with E-state index in [1.165, 1.54) is 0 Å². The smallest absolute Gasteiger partial charge is 0 e. The molecular weight excluding hydrogens is 456 g/mol. The maximum absolute atomic E-state index is 0. The van der Waals surface area contributed by atoms with Crippen molar-refractivity contribution in [2.24, 2.45) is 0 Å². The van der Waals surface area contributed by atoms with Crippen LogP contribution >= 0.6 is 0 Å². The standard InChI is InChI=1S/3Ge.U. The van der Waals surface area contributed by atoms with Gasteiger partial charge in [0, 0.05) is 83.9 Å². The minimum absolute atomic E-state index is 0. The molecule has 0 unspecified atom stereocenters. The second-order valence-electron chi connectivity index (χ2n) is 0. The third-order valence-corrected chi connectivity index (χ3v) is 0. The third kappa shape index (κ3) is 8.82. The summed E-state index contributed by atoms with van der Waals surface area (Å²) in [5.41, 5.74) is 0. The molecule has 0 atom stereocenters. The third-order valence-electron chi connectivity index (χ3n) is 0. The van der Waals surface area contributed by atoms with Gasteiger partial charge in [0.2, 0.25) is 0 Å². The Morgan fingerprint density at radius 3 is 0.500 bits per heavy atom. The molecule has 0 saturated heterocycles. The van der Waals surface area contributed by atoms with Gasteiger partial charge < -0.3 is 0 Å². The van der Waals surface area contributed by atoms with E-state index in [0.717, 1.165) is 0 Å². The molecule has 0 aliphatic carbocycles. The first-order chi connectivity index (χ1) is 0. The van der Waals surface area contributed by atoms with Gasteiger partial charge in [-0.05, 0) is 0 Å². The summed E-state index contributed by atoms with van der Waals surface area (Å²) in [7, 11) is 0. The topological polar surface area (TPSA) is 0 Å². The molecule has 0 aromatic heterocycles. The second-order valence-corrected chi connectivity index (χ2v) is 0. The summed E-state index contributed by atoms with van der Waals surface area (Å²) in [5, 5.41) is 0. The van der Waals surface area contributed by atoms with Gasteiger partial charge in [-0.3, -0.25) is 0 Å².